The van der Waals surface area contributed by atoms with E-state index < -0.39 is 0 Å². The minimum Gasteiger partial charge on any atom is -0.492 e. The molecule has 0 fully saturated rings. The molecule has 0 aromatic heterocycles. The van der Waals surface area contributed by atoms with Crippen LogP contribution < -0.4 is 4.74 Å². The fourth-order valence-electron chi connectivity index (χ4n) is 1.09. The van der Waals surface area contributed by atoms with Crippen LogP contribution in [-0.4, -0.2) is 18.0 Å². The van der Waals surface area contributed by atoms with E-state index in [9.17, 15) is 0 Å². The van der Waals surface area contributed by atoms with Gasteiger partial charge in [-0.15, -0.1) is 0 Å². The molecule has 0 aliphatic rings. The average Bonchev–Trinajstić information content (AvgIpc) is 2.17. The summed E-state index contributed by atoms with van der Waals surface area (Å²) in [5, 5.41) is 11.6. The molecule has 0 unspecified atom stereocenters. The molecular formula is C10H11BrINO2. The maximum atomic E-state index is 8.55. The van der Waals surface area contributed by atoms with E-state index in [0.29, 0.717) is 6.61 Å². The molecule has 3 nitrogen and oxygen atoms in total. The van der Waals surface area contributed by atoms with Gasteiger partial charge in [0, 0.05) is 10.0 Å². The van der Waals surface area contributed by atoms with Crippen LogP contribution in [0.5, 0.6) is 5.75 Å². The van der Waals surface area contributed by atoms with Gasteiger partial charge in [-0.05, 0) is 41.1 Å². The number of hydrogen-bond donors (Lipinski definition) is 1. The zero-order valence-corrected chi connectivity index (χ0v) is 11.9. The molecule has 0 saturated heterocycles. The van der Waals surface area contributed by atoms with Gasteiger partial charge in [-0.2, -0.15) is 0 Å². The number of ether oxygens (including phenoxy) is 1. The maximum Gasteiger partial charge on any atom is 0.141 e. The first kappa shape index (κ1) is 12.8. The van der Waals surface area contributed by atoms with E-state index in [-0.39, 0.29) is 0 Å². The molecule has 0 aliphatic heterocycles. The quantitative estimate of drug-likeness (QED) is 0.373. The SMILES string of the molecule is CCCOc1c(I)cc(Br)cc1C=NO. The Morgan fingerprint density at radius 3 is 2.93 bits per heavy atom. The van der Waals surface area contributed by atoms with Crippen molar-refractivity contribution in [2.75, 3.05) is 6.61 Å². The summed E-state index contributed by atoms with van der Waals surface area (Å²) in [6.45, 7) is 2.70. The van der Waals surface area contributed by atoms with Crippen molar-refractivity contribution >= 4 is 44.7 Å². The lowest BCUT2D eigenvalue weighted by Crippen LogP contribution is -2.01. The highest BCUT2D eigenvalue weighted by Gasteiger charge is 2.08. The Hall–Kier alpha value is -0.300. The first-order valence-corrected chi connectivity index (χ1v) is 6.35. The van der Waals surface area contributed by atoms with Gasteiger partial charge in [0.15, 0.2) is 0 Å². The van der Waals surface area contributed by atoms with Gasteiger partial charge in [0.2, 0.25) is 0 Å². The second kappa shape index (κ2) is 6.32. The normalized spacial score (nSPS) is 10.9. The average molecular weight is 384 g/mol. The van der Waals surface area contributed by atoms with E-state index in [1.165, 1.54) is 6.21 Å². The van der Waals surface area contributed by atoms with Gasteiger partial charge in [-0.1, -0.05) is 28.0 Å². The molecule has 0 spiro atoms. The van der Waals surface area contributed by atoms with E-state index in [4.69, 9.17) is 9.94 Å². The van der Waals surface area contributed by atoms with Gasteiger partial charge in [-0.3, -0.25) is 0 Å². The van der Waals surface area contributed by atoms with Crippen molar-refractivity contribution in [1.29, 1.82) is 0 Å². The topological polar surface area (TPSA) is 41.8 Å². The molecule has 1 aromatic rings. The van der Waals surface area contributed by atoms with Crippen molar-refractivity contribution in [1.82, 2.24) is 0 Å². The van der Waals surface area contributed by atoms with Crippen LogP contribution in [0.15, 0.2) is 21.8 Å². The molecule has 15 heavy (non-hydrogen) atoms. The fraction of sp³-hybridized carbons (Fsp3) is 0.300. The number of nitrogens with zero attached hydrogens (tertiary/aromatic N) is 1. The van der Waals surface area contributed by atoms with E-state index in [1.54, 1.807) is 0 Å². The van der Waals surface area contributed by atoms with Crippen LogP contribution in [-0.2, 0) is 0 Å². The molecule has 0 bridgehead atoms. The van der Waals surface area contributed by atoms with Crippen LogP contribution in [0, 0.1) is 3.57 Å². The summed E-state index contributed by atoms with van der Waals surface area (Å²) in [6, 6.07) is 3.81. The van der Waals surface area contributed by atoms with Crippen LogP contribution in [0.4, 0.5) is 0 Å². The van der Waals surface area contributed by atoms with Crippen molar-refractivity contribution in [3.63, 3.8) is 0 Å². The van der Waals surface area contributed by atoms with Gasteiger partial charge >= 0.3 is 0 Å². The predicted octanol–water partition coefficient (Wildman–Crippen LogP) is 3.65. The smallest absolute Gasteiger partial charge is 0.141 e. The second-order valence-electron chi connectivity index (χ2n) is 2.90. The van der Waals surface area contributed by atoms with Crippen molar-refractivity contribution in [2.45, 2.75) is 13.3 Å². The second-order valence-corrected chi connectivity index (χ2v) is 4.98. The third kappa shape index (κ3) is 3.64. The van der Waals surface area contributed by atoms with Crippen LogP contribution in [0.2, 0.25) is 0 Å². The van der Waals surface area contributed by atoms with Crippen molar-refractivity contribution in [2.24, 2.45) is 5.16 Å². The van der Waals surface area contributed by atoms with Crippen LogP contribution in [0.1, 0.15) is 18.9 Å². The zero-order valence-electron chi connectivity index (χ0n) is 8.20. The van der Waals surface area contributed by atoms with Gasteiger partial charge < -0.3 is 9.94 Å². The Labute approximate surface area is 111 Å². The summed E-state index contributed by atoms with van der Waals surface area (Å²) in [4.78, 5) is 0. The predicted molar refractivity (Wildman–Crippen MR) is 72.0 cm³/mol. The number of halogens is 2. The van der Waals surface area contributed by atoms with Gasteiger partial charge in [0.1, 0.15) is 5.75 Å². The molecule has 0 radical (unpaired) electrons. The van der Waals surface area contributed by atoms with Crippen molar-refractivity contribution < 1.29 is 9.94 Å². The summed E-state index contributed by atoms with van der Waals surface area (Å²) in [5.41, 5.74) is 0.768. The van der Waals surface area contributed by atoms with Crippen LogP contribution >= 0.6 is 38.5 Å². The molecule has 1 aromatic carbocycles. The molecule has 0 aliphatic carbocycles. The number of oxime groups is 1. The Morgan fingerprint density at radius 1 is 1.60 bits per heavy atom. The van der Waals surface area contributed by atoms with E-state index in [2.05, 4.69) is 43.7 Å². The monoisotopic (exact) mass is 383 g/mol. The summed E-state index contributed by atoms with van der Waals surface area (Å²) >= 11 is 5.57. The third-order valence-electron chi connectivity index (χ3n) is 1.68. The molecule has 0 atom stereocenters. The highest BCUT2D eigenvalue weighted by atomic mass is 127. The number of benzene rings is 1. The standard InChI is InChI=1S/C10H11BrINO2/c1-2-3-15-10-7(6-13-14)4-8(11)5-9(10)12/h4-6,14H,2-3H2,1H3. The lowest BCUT2D eigenvalue weighted by Gasteiger charge is -2.10. The van der Waals surface area contributed by atoms with Gasteiger partial charge in [0.05, 0.1) is 16.4 Å². The largest absolute Gasteiger partial charge is 0.492 e. The Bertz CT molecular complexity index is 369. The van der Waals surface area contributed by atoms with Crippen LogP contribution in [0.25, 0.3) is 0 Å². The summed E-state index contributed by atoms with van der Waals surface area (Å²) < 4.78 is 7.52. The van der Waals surface area contributed by atoms with Crippen LogP contribution in [0.3, 0.4) is 0 Å². The molecule has 0 saturated carbocycles. The first-order chi connectivity index (χ1) is 7.19. The minimum absolute atomic E-state index is 0.657. The van der Waals surface area contributed by atoms with Crippen molar-refractivity contribution in [3.8, 4) is 5.75 Å². The highest BCUT2D eigenvalue weighted by molar-refractivity contribution is 14.1. The maximum absolute atomic E-state index is 8.55. The lowest BCUT2D eigenvalue weighted by molar-refractivity contribution is 0.312. The van der Waals surface area contributed by atoms with E-state index in [1.807, 2.05) is 19.1 Å². The molecule has 1 N–H and O–H groups in total. The summed E-state index contributed by atoms with van der Waals surface area (Å²) in [6.07, 6.45) is 2.32. The molecule has 0 heterocycles. The lowest BCUT2D eigenvalue weighted by atomic mass is 10.2. The Morgan fingerprint density at radius 2 is 2.33 bits per heavy atom. The molecular weight excluding hydrogens is 373 g/mol. The fourth-order valence-corrected chi connectivity index (χ4v) is 2.80. The number of rotatable bonds is 4. The summed E-state index contributed by atoms with van der Waals surface area (Å²) in [5.74, 6) is 0.762. The molecule has 82 valence electrons. The Balaban J connectivity index is 3.08. The molecule has 5 heteroatoms. The van der Waals surface area contributed by atoms with Crippen molar-refractivity contribution in [3.05, 3.63) is 25.7 Å². The van der Waals surface area contributed by atoms with E-state index >= 15 is 0 Å². The van der Waals surface area contributed by atoms with E-state index in [0.717, 1.165) is 25.8 Å². The molecule has 1 rings (SSSR count). The Kier molecular flexibility index (Phi) is 5.38. The minimum atomic E-state index is 0.657. The molecule has 0 amide bonds. The summed E-state index contributed by atoms with van der Waals surface area (Å²) in [7, 11) is 0. The zero-order chi connectivity index (χ0) is 11.3. The number of hydrogen-bond acceptors (Lipinski definition) is 3. The van der Waals surface area contributed by atoms with Gasteiger partial charge in [-0.25, -0.2) is 0 Å². The highest BCUT2D eigenvalue weighted by Crippen LogP contribution is 2.29. The third-order valence-corrected chi connectivity index (χ3v) is 2.94. The van der Waals surface area contributed by atoms with Gasteiger partial charge in [0.25, 0.3) is 0 Å². The first-order valence-electron chi connectivity index (χ1n) is 4.48.